The lowest BCUT2D eigenvalue weighted by atomic mass is 10.1. The second-order valence-corrected chi connectivity index (χ2v) is 4.12. The highest BCUT2D eigenvalue weighted by molar-refractivity contribution is 5.88. The first kappa shape index (κ1) is 10.6. The minimum Gasteiger partial charge on any atom is -0.476 e. The molecule has 0 atom stereocenters. The Kier molecular flexibility index (Phi) is 2.19. The molecule has 0 radical (unpaired) electrons. The normalized spacial score (nSPS) is 10.9. The number of rotatable bonds is 2. The molecule has 2 heterocycles. The Morgan fingerprint density at radius 1 is 1.33 bits per heavy atom. The van der Waals surface area contributed by atoms with Crippen molar-refractivity contribution in [2.45, 2.75) is 0 Å². The van der Waals surface area contributed by atoms with E-state index in [0.29, 0.717) is 0 Å². The number of aryl methyl sites for hydroxylation is 1. The van der Waals surface area contributed by atoms with E-state index >= 15 is 0 Å². The molecule has 90 valence electrons. The maximum atomic E-state index is 10.9. The van der Waals surface area contributed by atoms with Crippen LogP contribution in [0.2, 0.25) is 0 Å². The van der Waals surface area contributed by atoms with E-state index in [1.165, 1.54) is 0 Å². The van der Waals surface area contributed by atoms with E-state index in [1.54, 1.807) is 17.8 Å². The molecule has 0 unspecified atom stereocenters. The highest BCUT2D eigenvalue weighted by Crippen LogP contribution is 2.24. The fourth-order valence-corrected chi connectivity index (χ4v) is 2.05. The second-order valence-electron chi connectivity index (χ2n) is 4.12. The van der Waals surface area contributed by atoms with Gasteiger partial charge in [0.1, 0.15) is 0 Å². The maximum Gasteiger partial charge on any atom is 0.356 e. The number of hydrogen-bond donors (Lipinski definition) is 2. The number of aromatic nitrogens is 3. The Morgan fingerprint density at radius 2 is 2.17 bits per heavy atom. The molecule has 3 aromatic rings. The van der Waals surface area contributed by atoms with Crippen LogP contribution in [0.5, 0.6) is 0 Å². The summed E-state index contributed by atoms with van der Waals surface area (Å²) in [6.07, 6.45) is 1.88. The van der Waals surface area contributed by atoms with Crippen molar-refractivity contribution in [3.8, 4) is 11.3 Å². The largest absolute Gasteiger partial charge is 0.476 e. The highest BCUT2D eigenvalue weighted by Gasteiger charge is 2.12. The van der Waals surface area contributed by atoms with E-state index in [0.717, 1.165) is 22.2 Å². The first-order chi connectivity index (χ1) is 8.65. The number of carbonyl (C=O) groups is 1. The van der Waals surface area contributed by atoms with Gasteiger partial charge >= 0.3 is 5.97 Å². The zero-order chi connectivity index (χ0) is 12.7. The molecule has 2 aromatic heterocycles. The Labute approximate surface area is 103 Å². The van der Waals surface area contributed by atoms with E-state index < -0.39 is 5.97 Å². The molecule has 2 N–H and O–H groups in total. The lowest BCUT2D eigenvalue weighted by Gasteiger charge is -2.01. The van der Waals surface area contributed by atoms with Gasteiger partial charge in [-0.15, -0.1) is 0 Å². The molecule has 0 aliphatic carbocycles. The molecule has 0 amide bonds. The van der Waals surface area contributed by atoms with Gasteiger partial charge in [-0.2, -0.15) is 5.10 Å². The summed E-state index contributed by atoms with van der Waals surface area (Å²) in [5.74, 6) is -1.02. The number of hydrogen-bond acceptors (Lipinski definition) is 2. The molecule has 0 saturated carbocycles. The number of fused-ring (bicyclic) bond motifs is 1. The van der Waals surface area contributed by atoms with Gasteiger partial charge < -0.3 is 10.1 Å². The van der Waals surface area contributed by atoms with Crippen LogP contribution >= 0.6 is 0 Å². The number of benzene rings is 1. The fourth-order valence-electron chi connectivity index (χ4n) is 2.05. The summed E-state index contributed by atoms with van der Waals surface area (Å²) in [5.41, 5.74) is 2.79. The third-order valence-electron chi connectivity index (χ3n) is 2.95. The van der Waals surface area contributed by atoms with Crippen LogP contribution in [0, 0.1) is 0 Å². The number of carboxylic acid groups (broad SMARTS) is 1. The molecule has 18 heavy (non-hydrogen) atoms. The number of aromatic amines is 1. The van der Waals surface area contributed by atoms with Crippen molar-refractivity contribution in [2.24, 2.45) is 7.05 Å². The maximum absolute atomic E-state index is 10.9. The van der Waals surface area contributed by atoms with Gasteiger partial charge in [0.15, 0.2) is 5.69 Å². The van der Waals surface area contributed by atoms with Gasteiger partial charge in [-0.1, -0.05) is 12.1 Å². The molecule has 0 aliphatic rings. The molecular weight excluding hydrogens is 230 g/mol. The lowest BCUT2D eigenvalue weighted by molar-refractivity contribution is 0.0689. The molecule has 0 spiro atoms. The van der Waals surface area contributed by atoms with Crippen LogP contribution in [-0.2, 0) is 7.05 Å². The number of carboxylic acids is 1. The van der Waals surface area contributed by atoms with Crippen LogP contribution in [-0.4, -0.2) is 25.8 Å². The third-order valence-corrected chi connectivity index (χ3v) is 2.95. The Morgan fingerprint density at radius 3 is 2.89 bits per heavy atom. The zero-order valence-electron chi connectivity index (χ0n) is 9.71. The van der Waals surface area contributed by atoms with Crippen molar-refractivity contribution in [2.75, 3.05) is 0 Å². The smallest absolute Gasteiger partial charge is 0.356 e. The summed E-state index contributed by atoms with van der Waals surface area (Å²) in [7, 11) is 1.74. The topological polar surface area (TPSA) is 70.9 Å². The van der Waals surface area contributed by atoms with Crippen LogP contribution in [0.25, 0.3) is 22.2 Å². The molecule has 0 saturated heterocycles. The first-order valence-electron chi connectivity index (χ1n) is 5.50. The molecule has 1 aromatic carbocycles. The average molecular weight is 241 g/mol. The van der Waals surface area contributed by atoms with E-state index in [-0.39, 0.29) is 5.69 Å². The monoisotopic (exact) mass is 241 g/mol. The van der Waals surface area contributed by atoms with Gasteiger partial charge in [0.05, 0.1) is 5.69 Å². The molecule has 0 fully saturated rings. The van der Waals surface area contributed by atoms with Crippen LogP contribution in [0.3, 0.4) is 0 Å². The molecular formula is C13H11N3O2. The first-order valence-corrected chi connectivity index (χ1v) is 5.50. The van der Waals surface area contributed by atoms with Crippen molar-refractivity contribution in [3.05, 3.63) is 42.2 Å². The van der Waals surface area contributed by atoms with Gasteiger partial charge in [-0.05, 0) is 23.6 Å². The van der Waals surface area contributed by atoms with Crippen molar-refractivity contribution in [1.29, 1.82) is 0 Å². The third kappa shape index (κ3) is 1.57. The second kappa shape index (κ2) is 3.73. The van der Waals surface area contributed by atoms with E-state index in [1.807, 2.05) is 30.5 Å². The van der Waals surface area contributed by atoms with E-state index in [9.17, 15) is 4.79 Å². The van der Waals surface area contributed by atoms with Gasteiger partial charge in [0.25, 0.3) is 0 Å². The minimum absolute atomic E-state index is 0.0547. The summed E-state index contributed by atoms with van der Waals surface area (Å²) < 4.78 is 1.58. The standard InChI is InChI=1S/C13H11N3O2/c1-16-12(7-11(15-16)13(17)18)9-3-2-8-4-5-14-10(8)6-9/h2-7,14H,1H3,(H,17,18). The molecule has 5 heteroatoms. The van der Waals surface area contributed by atoms with E-state index in [2.05, 4.69) is 10.1 Å². The van der Waals surface area contributed by atoms with Gasteiger partial charge in [0.2, 0.25) is 0 Å². The number of H-pyrrole nitrogens is 1. The molecule has 5 nitrogen and oxygen atoms in total. The summed E-state index contributed by atoms with van der Waals surface area (Å²) >= 11 is 0. The quantitative estimate of drug-likeness (QED) is 0.723. The summed E-state index contributed by atoms with van der Waals surface area (Å²) in [6.45, 7) is 0. The Balaban J connectivity index is 2.15. The van der Waals surface area contributed by atoms with Crippen molar-refractivity contribution in [3.63, 3.8) is 0 Å². The number of aromatic carboxylic acids is 1. The van der Waals surface area contributed by atoms with Crippen molar-refractivity contribution < 1.29 is 9.90 Å². The lowest BCUT2D eigenvalue weighted by Crippen LogP contribution is -1.99. The average Bonchev–Trinajstić information content (AvgIpc) is 2.93. The SMILES string of the molecule is Cn1nc(C(=O)O)cc1-c1ccc2cc[nH]c2c1. The predicted molar refractivity (Wildman–Crippen MR) is 67.5 cm³/mol. The van der Waals surface area contributed by atoms with Gasteiger partial charge in [0, 0.05) is 24.3 Å². The highest BCUT2D eigenvalue weighted by atomic mass is 16.4. The molecule has 3 rings (SSSR count). The molecule has 0 aliphatic heterocycles. The van der Waals surface area contributed by atoms with Crippen LogP contribution in [0.15, 0.2) is 36.5 Å². The fraction of sp³-hybridized carbons (Fsp3) is 0.0769. The van der Waals surface area contributed by atoms with Crippen LogP contribution in [0.4, 0.5) is 0 Å². The number of nitrogens with zero attached hydrogens (tertiary/aromatic N) is 2. The summed E-state index contributed by atoms with van der Waals surface area (Å²) in [5, 5.41) is 14.0. The van der Waals surface area contributed by atoms with Gasteiger partial charge in [-0.3, -0.25) is 4.68 Å². The van der Waals surface area contributed by atoms with Gasteiger partial charge in [-0.25, -0.2) is 4.79 Å². The van der Waals surface area contributed by atoms with Crippen LogP contribution < -0.4 is 0 Å². The number of nitrogens with one attached hydrogen (secondary N) is 1. The summed E-state index contributed by atoms with van der Waals surface area (Å²) in [6, 6.07) is 9.50. The zero-order valence-corrected chi connectivity index (χ0v) is 9.71. The van der Waals surface area contributed by atoms with E-state index in [4.69, 9.17) is 5.11 Å². The predicted octanol–water partition coefficient (Wildman–Crippen LogP) is 2.27. The Hall–Kier alpha value is -2.56. The minimum atomic E-state index is -1.02. The summed E-state index contributed by atoms with van der Waals surface area (Å²) in [4.78, 5) is 14.0. The van der Waals surface area contributed by atoms with Crippen LogP contribution in [0.1, 0.15) is 10.5 Å². The van der Waals surface area contributed by atoms with Crippen molar-refractivity contribution >= 4 is 16.9 Å². The van der Waals surface area contributed by atoms with Crippen molar-refractivity contribution in [1.82, 2.24) is 14.8 Å². The molecule has 0 bridgehead atoms. The Bertz CT molecular complexity index is 740.